The number of rotatable bonds is 5. The number of carbonyl (C=O) groups excluding carboxylic acids is 1. The Morgan fingerprint density at radius 2 is 1.93 bits per heavy atom. The Kier molecular flexibility index (Phi) is 5.71. The lowest BCUT2D eigenvalue weighted by molar-refractivity contribution is -0.113. The van der Waals surface area contributed by atoms with Crippen molar-refractivity contribution in [2.45, 2.75) is 19.9 Å². The molecular formula is C20H20FN3O2S. The fourth-order valence-corrected chi connectivity index (χ4v) is 3.21. The van der Waals surface area contributed by atoms with Crippen molar-refractivity contribution in [3.63, 3.8) is 0 Å². The summed E-state index contributed by atoms with van der Waals surface area (Å²) in [5, 5.41) is 9.38. The van der Waals surface area contributed by atoms with Crippen LogP contribution in [0.2, 0.25) is 0 Å². The number of ether oxygens (including phenoxy) is 1. The van der Waals surface area contributed by atoms with Gasteiger partial charge in [-0.25, -0.2) is 4.39 Å². The molecule has 7 heteroatoms. The van der Waals surface area contributed by atoms with Crippen LogP contribution in [0, 0.1) is 5.82 Å². The molecule has 1 heterocycles. The highest BCUT2D eigenvalue weighted by molar-refractivity contribution is 7.80. The maximum absolute atomic E-state index is 13.3. The Hall–Kier alpha value is -2.93. The summed E-state index contributed by atoms with van der Waals surface area (Å²) >= 11 is 5.23. The number of anilines is 1. The molecule has 1 aliphatic heterocycles. The van der Waals surface area contributed by atoms with Crippen LogP contribution < -0.4 is 20.7 Å². The quantitative estimate of drug-likeness (QED) is 0.686. The number of benzene rings is 2. The Bertz CT molecular complexity index is 896. The van der Waals surface area contributed by atoms with Gasteiger partial charge in [-0.3, -0.25) is 4.79 Å². The smallest absolute Gasteiger partial charge is 0.255 e. The van der Waals surface area contributed by atoms with Crippen LogP contribution >= 0.6 is 12.2 Å². The number of allylic oxidation sites excluding steroid dienone is 1. The lowest BCUT2D eigenvalue weighted by Crippen LogP contribution is -2.45. The number of para-hydroxylation sites is 2. The van der Waals surface area contributed by atoms with Crippen molar-refractivity contribution < 1.29 is 13.9 Å². The average molecular weight is 385 g/mol. The monoisotopic (exact) mass is 385 g/mol. The van der Waals surface area contributed by atoms with Crippen LogP contribution in [-0.2, 0) is 4.79 Å². The van der Waals surface area contributed by atoms with E-state index in [2.05, 4.69) is 16.0 Å². The highest BCUT2D eigenvalue weighted by Gasteiger charge is 2.30. The van der Waals surface area contributed by atoms with E-state index in [-0.39, 0.29) is 11.7 Å². The Morgan fingerprint density at radius 1 is 1.22 bits per heavy atom. The van der Waals surface area contributed by atoms with E-state index in [0.717, 1.165) is 5.56 Å². The van der Waals surface area contributed by atoms with Gasteiger partial charge in [-0.05, 0) is 55.9 Å². The third-order valence-corrected chi connectivity index (χ3v) is 4.37. The molecule has 140 valence electrons. The van der Waals surface area contributed by atoms with Crippen LogP contribution in [0.4, 0.5) is 10.1 Å². The third kappa shape index (κ3) is 4.25. The number of carbonyl (C=O) groups is 1. The van der Waals surface area contributed by atoms with Crippen molar-refractivity contribution in [2.24, 2.45) is 0 Å². The van der Waals surface area contributed by atoms with Crippen LogP contribution in [0.15, 0.2) is 59.8 Å². The van der Waals surface area contributed by atoms with Crippen molar-refractivity contribution in [3.8, 4) is 5.75 Å². The number of amides is 1. The first-order valence-corrected chi connectivity index (χ1v) is 8.97. The zero-order valence-electron chi connectivity index (χ0n) is 15.0. The number of halogens is 1. The van der Waals surface area contributed by atoms with Crippen molar-refractivity contribution in [2.75, 3.05) is 11.9 Å². The summed E-state index contributed by atoms with van der Waals surface area (Å²) in [6.45, 7) is 4.16. The summed E-state index contributed by atoms with van der Waals surface area (Å²) in [5.74, 6) is -0.0405. The molecule has 3 N–H and O–H groups in total. The molecule has 0 saturated heterocycles. The van der Waals surface area contributed by atoms with Crippen molar-refractivity contribution in [1.29, 1.82) is 0 Å². The Morgan fingerprint density at radius 3 is 2.63 bits per heavy atom. The summed E-state index contributed by atoms with van der Waals surface area (Å²) in [6, 6.07) is 12.7. The van der Waals surface area contributed by atoms with E-state index < -0.39 is 6.04 Å². The van der Waals surface area contributed by atoms with Gasteiger partial charge in [0.15, 0.2) is 5.11 Å². The summed E-state index contributed by atoms with van der Waals surface area (Å²) in [6.07, 6.45) is 0. The molecule has 2 aromatic carbocycles. The van der Waals surface area contributed by atoms with E-state index in [1.54, 1.807) is 31.2 Å². The fraction of sp³-hybridized carbons (Fsp3) is 0.200. The highest BCUT2D eigenvalue weighted by atomic mass is 32.1. The second-order valence-electron chi connectivity index (χ2n) is 6.00. The second kappa shape index (κ2) is 8.18. The fourth-order valence-electron chi connectivity index (χ4n) is 2.94. The molecule has 0 unspecified atom stereocenters. The van der Waals surface area contributed by atoms with Crippen LogP contribution in [0.3, 0.4) is 0 Å². The number of thiocarbonyl (C=S) groups is 1. The maximum atomic E-state index is 13.3. The summed E-state index contributed by atoms with van der Waals surface area (Å²) in [4.78, 5) is 13.1. The van der Waals surface area contributed by atoms with Crippen LogP contribution in [0.1, 0.15) is 25.5 Å². The van der Waals surface area contributed by atoms with Crippen molar-refractivity contribution in [3.05, 3.63) is 71.2 Å². The van der Waals surface area contributed by atoms with Crippen molar-refractivity contribution >= 4 is 28.9 Å². The minimum Gasteiger partial charge on any atom is -0.492 e. The molecule has 5 nitrogen and oxygen atoms in total. The van der Waals surface area contributed by atoms with Gasteiger partial charge in [0.2, 0.25) is 0 Å². The lowest BCUT2D eigenvalue weighted by Gasteiger charge is -2.30. The zero-order chi connectivity index (χ0) is 19.4. The van der Waals surface area contributed by atoms with Gasteiger partial charge in [0.1, 0.15) is 11.6 Å². The molecule has 0 spiro atoms. The number of hydrogen-bond donors (Lipinski definition) is 3. The summed E-state index contributed by atoms with van der Waals surface area (Å²) in [5.41, 5.74) is 2.43. The first-order chi connectivity index (χ1) is 13.0. The zero-order valence-corrected chi connectivity index (χ0v) is 15.8. The standard InChI is InChI=1S/C20H20FN3O2S/c1-3-26-16-7-5-4-6-15(16)23-19(25)17-12(2)22-20(27)24-18(17)13-8-10-14(21)11-9-13/h4-11,18H,3H2,1-2H3,(H,23,25)(H2,22,24,27)/t18-/m1/s1. The molecule has 0 bridgehead atoms. The van der Waals surface area contributed by atoms with E-state index in [9.17, 15) is 9.18 Å². The number of nitrogens with one attached hydrogen (secondary N) is 3. The minimum absolute atomic E-state index is 0.295. The van der Waals surface area contributed by atoms with E-state index in [1.165, 1.54) is 12.1 Å². The van der Waals surface area contributed by atoms with Gasteiger partial charge in [-0.15, -0.1) is 0 Å². The minimum atomic E-state index is -0.487. The van der Waals surface area contributed by atoms with Gasteiger partial charge in [-0.1, -0.05) is 24.3 Å². The molecule has 2 aromatic rings. The predicted octanol–water partition coefficient (Wildman–Crippen LogP) is 3.66. The molecule has 0 aromatic heterocycles. The summed E-state index contributed by atoms with van der Waals surface area (Å²) < 4.78 is 18.9. The molecule has 1 atom stereocenters. The highest BCUT2D eigenvalue weighted by Crippen LogP contribution is 2.30. The van der Waals surface area contributed by atoms with Gasteiger partial charge in [0.05, 0.1) is 23.9 Å². The maximum Gasteiger partial charge on any atom is 0.255 e. The molecular weight excluding hydrogens is 365 g/mol. The van der Waals surface area contributed by atoms with Gasteiger partial charge >= 0.3 is 0 Å². The van der Waals surface area contributed by atoms with Gasteiger partial charge < -0.3 is 20.7 Å². The third-order valence-electron chi connectivity index (χ3n) is 4.15. The molecule has 0 saturated carbocycles. The number of hydrogen-bond acceptors (Lipinski definition) is 3. The Balaban J connectivity index is 1.93. The van der Waals surface area contributed by atoms with Crippen molar-refractivity contribution in [1.82, 2.24) is 10.6 Å². The average Bonchev–Trinajstić information content (AvgIpc) is 2.63. The van der Waals surface area contributed by atoms with Gasteiger partial charge in [0, 0.05) is 5.70 Å². The molecule has 0 fully saturated rings. The molecule has 27 heavy (non-hydrogen) atoms. The predicted molar refractivity (Wildman–Crippen MR) is 107 cm³/mol. The molecule has 0 radical (unpaired) electrons. The van der Waals surface area contributed by atoms with Gasteiger partial charge in [-0.2, -0.15) is 0 Å². The van der Waals surface area contributed by atoms with E-state index in [0.29, 0.717) is 34.4 Å². The molecule has 1 aliphatic rings. The first kappa shape index (κ1) is 18.8. The molecule has 3 rings (SSSR count). The topological polar surface area (TPSA) is 62.4 Å². The Labute approximate surface area is 162 Å². The van der Waals surface area contributed by atoms with Gasteiger partial charge in [0.25, 0.3) is 5.91 Å². The lowest BCUT2D eigenvalue weighted by atomic mass is 9.95. The van der Waals surface area contributed by atoms with Crippen LogP contribution in [-0.4, -0.2) is 17.6 Å². The normalized spacial score (nSPS) is 16.4. The SMILES string of the molecule is CCOc1ccccc1NC(=O)C1=C(C)NC(=S)N[C@@H]1c1ccc(F)cc1. The molecule has 0 aliphatic carbocycles. The largest absolute Gasteiger partial charge is 0.492 e. The second-order valence-corrected chi connectivity index (χ2v) is 6.41. The van der Waals surface area contributed by atoms with E-state index in [1.807, 2.05) is 19.1 Å². The first-order valence-electron chi connectivity index (χ1n) is 8.56. The van der Waals surface area contributed by atoms with Crippen LogP contribution in [0.5, 0.6) is 5.75 Å². The van der Waals surface area contributed by atoms with Crippen LogP contribution in [0.25, 0.3) is 0 Å². The molecule has 1 amide bonds. The van der Waals surface area contributed by atoms with E-state index >= 15 is 0 Å². The summed E-state index contributed by atoms with van der Waals surface area (Å²) in [7, 11) is 0. The van der Waals surface area contributed by atoms with E-state index in [4.69, 9.17) is 17.0 Å².